The van der Waals surface area contributed by atoms with Crippen LogP contribution in [0.3, 0.4) is 0 Å². The van der Waals surface area contributed by atoms with Crippen molar-refractivity contribution in [2.24, 2.45) is 5.92 Å². The molecule has 0 aromatic heterocycles. The summed E-state index contributed by atoms with van der Waals surface area (Å²) < 4.78 is 5.39. The van der Waals surface area contributed by atoms with Crippen molar-refractivity contribution in [2.45, 2.75) is 53.2 Å². The van der Waals surface area contributed by atoms with Gasteiger partial charge in [0.1, 0.15) is 5.60 Å². The molecule has 22 heavy (non-hydrogen) atoms. The van der Waals surface area contributed by atoms with Gasteiger partial charge in [-0.25, -0.2) is 4.79 Å². The van der Waals surface area contributed by atoms with Crippen LogP contribution in [0.1, 0.15) is 46.6 Å². The first-order valence-electron chi connectivity index (χ1n) is 7.98. The number of ether oxygens (including phenoxy) is 1. The monoisotopic (exact) mass is 306 g/mol. The highest BCUT2D eigenvalue weighted by atomic mass is 16.6. The number of nitrogens with zero attached hydrogens (tertiary/aromatic N) is 1. The molecule has 4 heteroatoms. The van der Waals surface area contributed by atoms with E-state index in [1.165, 1.54) is 0 Å². The molecule has 1 unspecified atom stereocenters. The molecule has 0 fully saturated rings. The fourth-order valence-electron chi connectivity index (χ4n) is 1.92. The third-order valence-electron chi connectivity index (χ3n) is 3.47. The molecule has 1 atom stereocenters. The molecule has 0 aliphatic rings. The van der Waals surface area contributed by atoms with E-state index in [9.17, 15) is 4.79 Å². The van der Waals surface area contributed by atoms with Crippen molar-refractivity contribution >= 4 is 11.8 Å². The summed E-state index contributed by atoms with van der Waals surface area (Å²) in [5.41, 5.74) is 1.71. The van der Waals surface area contributed by atoms with E-state index < -0.39 is 5.60 Å². The zero-order valence-corrected chi connectivity index (χ0v) is 14.8. The van der Waals surface area contributed by atoms with Gasteiger partial charge in [0.25, 0.3) is 0 Å². The van der Waals surface area contributed by atoms with Crippen molar-refractivity contribution in [1.82, 2.24) is 4.90 Å². The summed E-state index contributed by atoms with van der Waals surface area (Å²) in [5.74, 6) is 0.622. The van der Waals surface area contributed by atoms with Crippen LogP contribution in [-0.4, -0.2) is 30.2 Å². The second kappa shape index (κ2) is 8.06. The summed E-state index contributed by atoms with van der Waals surface area (Å²) in [6.07, 6.45) is 0.844. The molecular formula is C18H30N2O2. The molecule has 0 bridgehead atoms. The Balaban J connectivity index is 2.70. The third kappa shape index (κ3) is 6.37. The topological polar surface area (TPSA) is 41.6 Å². The SMILES string of the molecule is CCC(C)CNc1ccccc1CN(C)C(=O)OC(C)(C)C. The minimum atomic E-state index is -0.473. The number of carbonyl (C=O) groups is 1. The first-order chi connectivity index (χ1) is 10.2. The average molecular weight is 306 g/mol. The summed E-state index contributed by atoms with van der Waals surface area (Å²) >= 11 is 0. The number of amides is 1. The van der Waals surface area contributed by atoms with E-state index >= 15 is 0 Å². The van der Waals surface area contributed by atoms with Crippen LogP contribution in [0, 0.1) is 5.92 Å². The van der Waals surface area contributed by atoms with E-state index in [-0.39, 0.29) is 6.09 Å². The maximum Gasteiger partial charge on any atom is 0.410 e. The quantitative estimate of drug-likeness (QED) is 0.840. The van der Waals surface area contributed by atoms with Gasteiger partial charge in [0, 0.05) is 19.3 Å². The standard InChI is InChI=1S/C18H30N2O2/c1-7-14(2)12-19-16-11-9-8-10-15(16)13-20(6)17(21)22-18(3,4)5/h8-11,14,19H,7,12-13H2,1-6H3. The summed E-state index contributed by atoms with van der Waals surface area (Å²) in [6.45, 7) is 11.5. The number of nitrogens with one attached hydrogen (secondary N) is 1. The number of anilines is 1. The van der Waals surface area contributed by atoms with Gasteiger partial charge in [0.15, 0.2) is 0 Å². The maximum absolute atomic E-state index is 12.1. The van der Waals surface area contributed by atoms with E-state index in [1.54, 1.807) is 11.9 Å². The van der Waals surface area contributed by atoms with Gasteiger partial charge in [-0.3, -0.25) is 0 Å². The Morgan fingerprint density at radius 1 is 1.32 bits per heavy atom. The van der Waals surface area contributed by atoms with Crippen LogP contribution < -0.4 is 5.32 Å². The van der Waals surface area contributed by atoms with Gasteiger partial charge >= 0.3 is 6.09 Å². The molecule has 1 aromatic carbocycles. The molecule has 0 aliphatic carbocycles. The van der Waals surface area contributed by atoms with Gasteiger partial charge in [0.05, 0.1) is 6.54 Å². The molecule has 1 amide bonds. The first kappa shape index (κ1) is 18.3. The van der Waals surface area contributed by atoms with Crippen molar-refractivity contribution in [2.75, 3.05) is 18.9 Å². The number of hydrogen-bond donors (Lipinski definition) is 1. The number of hydrogen-bond acceptors (Lipinski definition) is 3. The fourth-order valence-corrected chi connectivity index (χ4v) is 1.92. The lowest BCUT2D eigenvalue weighted by Crippen LogP contribution is -2.34. The van der Waals surface area contributed by atoms with Gasteiger partial charge in [0.2, 0.25) is 0 Å². The fraction of sp³-hybridized carbons (Fsp3) is 0.611. The Kier molecular flexibility index (Phi) is 6.72. The van der Waals surface area contributed by atoms with Crippen LogP contribution >= 0.6 is 0 Å². The highest BCUT2D eigenvalue weighted by Gasteiger charge is 2.20. The van der Waals surface area contributed by atoms with Crippen LogP contribution in [0.4, 0.5) is 10.5 Å². The molecule has 0 aliphatic heterocycles. The maximum atomic E-state index is 12.1. The highest BCUT2D eigenvalue weighted by molar-refractivity contribution is 5.68. The van der Waals surface area contributed by atoms with Crippen LogP contribution in [0.5, 0.6) is 0 Å². The smallest absolute Gasteiger partial charge is 0.410 e. The molecule has 124 valence electrons. The van der Waals surface area contributed by atoms with Crippen molar-refractivity contribution in [3.63, 3.8) is 0 Å². The van der Waals surface area contributed by atoms with Crippen LogP contribution in [0.2, 0.25) is 0 Å². The van der Waals surface area contributed by atoms with E-state index in [2.05, 4.69) is 25.2 Å². The molecular weight excluding hydrogens is 276 g/mol. The summed E-state index contributed by atoms with van der Waals surface area (Å²) in [6, 6.07) is 8.10. The van der Waals surface area contributed by atoms with E-state index in [0.29, 0.717) is 12.5 Å². The number of rotatable bonds is 6. The van der Waals surface area contributed by atoms with Crippen LogP contribution in [0.25, 0.3) is 0 Å². The van der Waals surface area contributed by atoms with Gasteiger partial charge < -0.3 is 15.0 Å². The number of benzene rings is 1. The molecule has 0 saturated carbocycles. The Hall–Kier alpha value is -1.71. The van der Waals surface area contributed by atoms with E-state index in [1.807, 2.05) is 39.0 Å². The molecule has 4 nitrogen and oxygen atoms in total. The van der Waals surface area contributed by atoms with Crippen molar-refractivity contribution in [3.8, 4) is 0 Å². The molecule has 0 heterocycles. The molecule has 0 spiro atoms. The number of carbonyl (C=O) groups excluding carboxylic acids is 1. The van der Waals surface area contributed by atoms with Crippen molar-refractivity contribution < 1.29 is 9.53 Å². The average Bonchev–Trinajstić information content (AvgIpc) is 2.44. The lowest BCUT2D eigenvalue weighted by Gasteiger charge is -2.25. The summed E-state index contributed by atoms with van der Waals surface area (Å²) in [7, 11) is 1.76. The number of para-hydroxylation sites is 1. The normalized spacial score (nSPS) is 12.6. The van der Waals surface area contributed by atoms with Gasteiger partial charge in [-0.15, -0.1) is 0 Å². The largest absolute Gasteiger partial charge is 0.444 e. The summed E-state index contributed by atoms with van der Waals surface area (Å²) in [5, 5.41) is 3.48. The minimum absolute atomic E-state index is 0.302. The Morgan fingerprint density at radius 2 is 1.95 bits per heavy atom. The Morgan fingerprint density at radius 3 is 2.55 bits per heavy atom. The zero-order valence-electron chi connectivity index (χ0n) is 14.8. The third-order valence-corrected chi connectivity index (χ3v) is 3.47. The molecule has 1 aromatic rings. The molecule has 1 N–H and O–H groups in total. The minimum Gasteiger partial charge on any atom is -0.444 e. The predicted octanol–water partition coefficient (Wildman–Crippen LogP) is 4.51. The van der Waals surface area contributed by atoms with Crippen molar-refractivity contribution in [3.05, 3.63) is 29.8 Å². The van der Waals surface area contributed by atoms with Gasteiger partial charge in [-0.2, -0.15) is 0 Å². The molecule has 0 radical (unpaired) electrons. The second-order valence-corrected chi connectivity index (χ2v) is 6.89. The Bertz CT molecular complexity index is 480. The summed E-state index contributed by atoms with van der Waals surface area (Å²) in [4.78, 5) is 13.7. The van der Waals surface area contributed by atoms with E-state index in [0.717, 1.165) is 24.2 Å². The predicted molar refractivity (Wildman–Crippen MR) is 92.1 cm³/mol. The lowest BCUT2D eigenvalue weighted by molar-refractivity contribution is 0.0285. The first-order valence-corrected chi connectivity index (χ1v) is 7.98. The molecule has 1 rings (SSSR count). The highest BCUT2D eigenvalue weighted by Crippen LogP contribution is 2.19. The lowest BCUT2D eigenvalue weighted by atomic mass is 10.1. The zero-order chi connectivity index (χ0) is 16.8. The van der Waals surface area contributed by atoms with Gasteiger partial charge in [-0.1, -0.05) is 38.5 Å². The Labute approximate surface area is 134 Å². The second-order valence-electron chi connectivity index (χ2n) is 6.89. The van der Waals surface area contributed by atoms with Crippen LogP contribution in [0.15, 0.2) is 24.3 Å². The van der Waals surface area contributed by atoms with Crippen LogP contribution in [-0.2, 0) is 11.3 Å². The van der Waals surface area contributed by atoms with Crippen molar-refractivity contribution in [1.29, 1.82) is 0 Å². The van der Waals surface area contributed by atoms with Gasteiger partial charge in [-0.05, 0) is 38.3 Å². The molecule has 0 saturated heterocycles. The van der Waals surface area contributed by atoms with E-state index in [4.69, 9.17) is 4.74 Å².